The summed E-state index contributed by atoms with van der Waals surface area (Å²) in [6.45, 7) is 0. The number of anilines is 1. The van der Waals surface area contributed by atoms with Crippen molar-refractivity contribution in [1.29, 1.82) is 0 Å². The molecule has 2 N–H and O–H groups in total. The van der Waals surface area contributed by atoms with Crippen LogP contribution in [-0.4, -0.2) is 4.98 Å². The van der Waals surface area contributed by atoms with Crippen LogP contribution in [0.15, 0.2) is 49.8 Å². The summed E-state index contributed by atoms with van der Waals surface area (Å²) in [5, 5.41) is 0. The molecule has 0 spiro atoms. The maximum absolute atomic E-state index is 5.91. The normalized spacial score (nSPS) is 11.1. The second-order valence-electron chi connectivity index (χ2n) is 4.25. The molecule has 2 aromatic carbocycles. The standard InChI is InChI=1S/C14H10Br2N2O/c15-9-3-1-8(2-4-9)5-13-18-12-7-10(16)6-11(17)14(12)19-13/h1-4,6-7H,5,17H2. The van der Waals surface area contributed by atoms with Gasteiger partial charge in [-0.1, -0.05) is 44.0 Å². The molecule has 0 radical (unpaired) electrons. The van der Waals surface area contributed by atoms with Gasteiger partial charge in [-0.05, 0) is 29.8 Å². The highest BCUT2D eigenvalue weighted by molar-refractivity contribution is 9.10. The maximum atomic E-state index is 5.91. The number of nitrogens with zero attached hydrogens (tertiary/aromatic N) is 1. The summed E-state index contributed by atoms with van der Waals surface area (Å²) in [5.41, 5.74) is 9.08. The van der Waals surface area contributed by atoms with Crippen molar-refractivity contribution < 1.29 is 4.42 Å². The molecule has 1 aromatic heterocycles. The number of nitrogens with two attached hydrogens (primary N) is 1. The average molecular weight is 382 g/mol. The first-order valence-electron chi connectivity index (χ1n) is 5.71. The van der Waals surface area contributed by atoms with Crippen molar-refractivity contribution >= 4 is 48.6 Å². The van der Waals surface area contributed by atoms with Gasteiger partial charge in [0.15, 0.2) is 11.5 Å². The summed E-state index contributed by atoms with van der Waals surface area (Å²) < 4.78 is 7.68. The van der Waals surface area contributed by atoms with Crippen molar-refractivity contribution in [1.82, 2.24) is 4.98 Å². The number of halogens is 2. The first-order chi connectivity index (χ1) is 9.11. The summed E-state index contributed by atoms with van der Waals surface area (Å²) in [7, 11) is 0. The van der Waals surface area contributed by atoms with E-state index in [2.05, 4.69) is 36.8 Å². The predicted molar refractivity (Wildman–Crippen MR) is 83.1 cm³/mol. The third-order valence-electron chi connectivity index (χ3n) is 2.80. The van der Waals surface area contributed by atoms with Gasteiger partial charge in [0.2, 0.25) is 0 Å². The van der Waals surface area contributed by atoms with Gasteiger partial charge in [0.05, 0.1) is 5.69 Å². The number of hydrogen-bond donors (Lipinski definition) is 1. The maximum Gasteiger partial charge on any atom is 0.200 e. The third kappa shape index (κ3) is 2.67. The minimum absolute atomic E-state index is 0.596. The minimum Gasteiger partial charge on any atom is -0.438 e. The Morgan fingerprint density at radius 1 is 1.05 bits per heavy atom. The van der Waals surface area contributed by atoms with Crippen molar-refractivity contribution in [3.63, 3.8) is 0 Å². The molecule has 19 heavy (non-hydrogen) atoms. The van der Waals surface area contributed by atoms with Gasteiger partial charge in [-0.15, -0.1) is 0 Å². The number of aromatic nitrogens is 1. The second kappa shape index (κ2) is 4.98. The van der Waals surface area contributed by atoms with Crippen LogP contribution in [0.1, 0.15) is 11.5 Å². The van der Waals surface area contributed by atoms with Crippen molar-refractivity contribution in [2.45, 2.75) is 6.42 Å². The molecule has 0 aliphatic carbocycles. The van der Waals surface area contributed by atoms with Crippen LogP contribution in [0.25, 0.3) is 11.1 Å². The topological polar surface area (TPSA) is 52.0 Å². The van der Waals surface area contributed by atoms with E-state index in [1.54, 1.807) is 0 Å². The Morgan fingerprint density at radius 2 is 1.79 bits per heavy atom. The summed E-state index contributed by atoms with van der Waals surface area (Å²) in [5.74, 6) is 0.669. The zero-order valence-electron chi connectivity index (χ0n) is 9.86. The van der Waals surface area contributed by atoms with Gasteiger partial charge in [0.25, 0.3) is 0 Å². The Morgan fingerprint density at radius 3 is 2.53 bits per heavy atom. The third-order valence-corrected chi connectivity index (χ3v) is 3.78. The van der Waals surface area contributed by atoms with Crippen LogP contribution in [0.5, 0.6) is 0 Å². The fourth-order valence-electron chi connectivity index (χ4n) is 1.92. The van der Waals surface area contributed by atoms with Crippen molar-refractivity contribution in [3.05, 3.63) is 56.8 Å². The Kier molecular flexibility index (Phi) is 3.33. The Bertz CT molecular complexity index is 735. The SMILES string of the molecule is Nc1cc(Br)cc2nc(Cc3ccc(Br)cc3)oc12. The lowest BCUT2D eigenvalue weighted by Gasteiger charge is -1.97. The minimum atomic E-state index is 0.596. The second-order valence-corrected chi connectivity index (χ2v) is 6.09. The van der Waals surface area contributed by atoms with Gasteiger partial charge in [0, 0.05) is 15.4 Å². The largest absolute Gasteiger partial charge is 0.438 e. The lowest BCUT2D eigenvalue weighted by molar-refractivity contribution is 0.545. The molecule has 0 fully saturated rings. The fraction of sp³-hybridized carbons (Fsp3) is 0.0714. The van der Waals surface area contributed by atoms with Crippen molar-refractivity contribution in [2.75, 3.05) is 5.73 Å². The first-order valence-corrected chi connectivity index (χ1v) is 7.29. The van der Waals surface area contributed by atoms with Crippen molar-refractivity contribution in [2.24, 2.45) is 0 Å². The molecular formula is C14H10Br2N2O. The fourth-order valence-corrected chi connectivity index (χ4v) is 2.65. The van der Waals surface area contributed by atoms with E-state index in [9.17, 15) is 0 Å². The van der Waals surface area contributed by atoms with E-state index in [4.69, 9.17) is 10.2 Å². The zero-order chi connectivity index (χ0) is 13.4. The molecule has 3 rings (SSSR count). The summed E-state index contributed by atoms with van der Waals surface area (Å²) >= 11 is 6.82. The first kappa shape index (κ1) is 12.7. The molecule has 3 nitrogen and oxygen atoms in total. The van der Waals surface area contributed by atoms with Gasteiger partial charge in [-0.2, -0.15) is 0 Å². The Balaban J connectivity index is 1.97. The highest BCUT2D eigenvalue weighted by Crippen LogP contribution is 2.27. The molecule has 0 atom stereocenters. The van der Waals surface area contributed by atoms with Crippen LogP contribution in [0.3, 0.4) is 0 Å². The number of rotatable bonds is 2. The van der Waals surface area contributed by atoms with E-state index in [1.807, 2.05) is 36.4 Å². The molecule has 0 bridgehead atoms. The molecule has 0 saturated carbocycles. The van der Waals surface area contributed by atoms with Crippen LogP contribution in [0, 0.1) is 0 Å². The average Bonchev–Trinajstić information content (AvgIpc) is 2.75. The summed E-state index contributed by atoms with van der Waals surface area (Å²) in [4.78, 5) is 4.46. The van der Waals surface area contributed by atoms with Crippen LogP contribution >= 0.6 is 31.9 Å². The van der Waals surface area contributed by atoms with E-state index < -0.39 is 0 Å². The van der Waals surface area contributed by atoms with E-state index >= 15 is 0 Å². The van der Waals surface area contributed by atoms with Gasteiger partial charge < -0.3 is 10.2 Å². The van der Waals surface area contributed by atoms with Gasteiger partial charge in [-0.3, -0.25) is 0 Å². The van der Waals surface area contributed by atoms with E-state index in [0.717, 1.165) is 20.0 Å². The number of nitrogen functional groups attached to an aromatic ring is 1. The molecule has 0 amide bonds. The zero-order valence-corrected chi connectivity index (χ0v) is 13.0. The van der Waals surface area contributed by atoms with Crippen LogP contribution in [0.2, 0.25) is 0 Å². The van der Waals surface area contributed by atoms with E-state index in [-0.39, 0.29) is 0 Å². The van der Waals surface area contributed by atoms with E-state index in [0.29, 0.717) is 23.6 Å². The molecule has 3 aromatic rings. The predicted octanol–water partition coefficient (Wildman–Crippen LogP) is 4.53. The molecular weight excluding hydrogens is 372 g/mol. The Hall–Kier alpha value is -1.33. The molecule has 96 valence electrons. The molecule has 5 heteroatoms. The van der Waals surface area contributed by atoms with Gasteiger partial charge in [-0.25, -0.2) is 4.98 Å². The van der Waals surface area contributed by atoms with Gasteiger partial charge >= 0.3 is 0 Å². The van der Waals surface area contributed by atoms with Crippen molar-refractivity contribution in [3.8, 4) is 0 Å². The summed E-state index contributed by atoms with van der Waals surface area (Å²) in [6, 6.07) is 11.8. The Labute approximate surface area is 127 Å². The van der Waals surface area contributed by atoms with E-state index in [1.165, 1.54) is 0 Å². The summed E-state index contributed by atoms with van der Waals surface area (Å²) in [6.07, 6.45) is 0.652. The lowest BCUT2D eigenvalue weighted by atomic mass is 10.1. The molecule has 0 aliphatic heterocycles. The number of oxazole rings is 1. The molecule has 0 saturated heterocycles. The number of fused-ring (bicyclic) bond motifs is 1. The molecule has 0 unspecified atom stereocenters. The monoisotopic (exact) mass is 380 g/mol. The quantitative estimate of drug-likeness (QED) is 0.663. The highest BCUT2D eigenvalue weighted by Gasteiger charge is 2.10. The van der Waals surface area contributed by atoms with Crippen LogP contribution < -0.4 is 5.73 Å². The number of hydrogen-bond acceptors (Lipinski definition) is 3. The van der Waals surface area contributed by atoms with Crippen LogP contribution in [0.4, 0.5) is 5.69 Å². The number of benzene rings is 2. The van der Waals surface area contributed by atoms with Crippen LogP contribution in [-0.2, 0) is 6.42 Å². The highest BCUT2D eigenvalue weighted by atomic mass is 79.9. The van der Waals surface area contributed by atoms with Gasteiger partial charge in [0.1, 0.15) is 5.52 Å². The molecule has 1 heterocycles. The lowest BCUT2D eigenvalue weighted by Crippen LogP contribution is -1.87. The molecule has 0 aliphatic rings. The smallest absolute Gasteiger partial charge is 0.200 e.